The third kappa shape index (κ3) is 4.13. The molecule has 0 amide bonds. The van der Waals surface area contributed by atoms with Gasteiger partial charge in [0.15, 0.2) is 0 Å². The van der Waals surface area contributed by atoms with Crippen molar-refractivity contribution in [1.29, 1.82) is 0 Å². The average molecular weight is 293 g/mol. The van der Waals surface area contributed by atoms with E-state index in [1.807, 2.05) is 0 Å². The van der Waals surface area contributed by atoms with E-state index in [0.717, 1.165) is 0 Å². The van der Waals surface area contributed by atoms with E-state index < -0.39 is 10.0 Å². The van der Waals surface area contributed by atoms with Crippen LogP contribution in [0.25, 0.3) is 0 Å². The SMILES string of the molecule is CC(CCCO)NS(=O)(=O)c1cc(Cl)ccc1N. The topological polar surface area (TPSA) is 92.4 Å². The minimum Gasteiger partial charge on any atom is -0.398 e. The molecular formula is C11H17ClN2O3S. The van der Waals surface area contributed by atoms with Gasteiger partial charge in [0.05, 0.1) is 5.69 Å². The summed E-state index contributed by atoms with van der Waals surface area (Å²) in [5.41, 5.74) is 5.79. The number of halogens is 1. The highest BCUT2D eigenvalue weighted by Gasteiger charge is 2.20. The number of rotatable bonds is 6. The van der Waals surface area contributed by atoms with Gasteiger partial charge < -0.3 is 10.8 Å². The fraction of sp³-hybridized carbons (Fsp3) is 0.455. The molecular weight excluding hydrogens is 276 g/mol. The average Bonchev–Trinajstić information content (AvgIpc) is 2.29. The Kier molecular flexibility index (Phi) is 5.40. The molecule has 0 aromatic heterocycles. The Morgan fingerprint density at radius 1 is 1.50 bits per heavy atom. The van der Waals surface area contributed by atoms with Crippen LogP contribution in [0.3, 0.4) is 0 Å². The fourth-order valence-corrected chi connectivity index (χ4v) is 3.20. The molecule has 0 radical (unpaired) electrons. The molecule has 1 unspecified atom stereocenters. The van der Waals surface area contributed by atoms with Crippen LogP contribution < -0.4 is 10.5 Å². The zero-order valence-corrected chi connectivity index (χ0v) is 11.6. The van der Waals surface area contributed by atoms with Gasteiger partial charge in [0.25, 0.3) is 0 Å². The predicted octanol–water partition coefficient (Wildman–Crippen LogP) is 1.36. The van der Waals surface area contributed by atoms with Crippen LogP contribution in [0.4, 0.5) is 5.69 Å². The second-order valence-electron chi connectivity index (χ2n) is 4.07. The number of hydrogen-bond donors (Lipinski definition) is 3. The number of nitrogens with two attached hydrogens (primary N) is 1. The second kappa shape index (κ2) is 6.38. The predicted molar refractivity (Wildman–Crippen MR) is 72.0 cm³/mol. The number of anilines is 1. The maximum Gasteiger partial charge on any atom is 0.242 e. The molecule has 1 atom stereocenters. The van der Waals surface area contributed by atoms with Gasteiger partial charge in [-0.3, -0.25) is 0 Å². The van der Waals surface area contributed by atoms with E-state index in [0.29, 0.717) is 17.9 Å². The molecule has 1 aromatic rings. The molecule has 0 aliphatic heterocycles. The lowest BCUT2D eigenvalue weighted by molar-refractivity contribution is 0.279. The van der Waals surface area contributed by atoms with E-state index in [-0.39, 0.29) is 23.2 Å². The first kappa shape index (κ1) is 15.2. The minimum atomic E-state index is -3.68. The van der Waals surface area contributed by atoms with Gasteiger partial charge in [-0.25, -0.2) is 13.1 Å². The first-order chi connectivity index (χ1) is 8.36. The lowest BCUT2D eigenvalue weighted by Gasteiger charge is -2.15. The Morgan fingerprint density at radius 2 is 2.17 bits per heavy atom. The van der Waals surface area contributed by atoms with Gasteiger partial charge in [0.1, 0.15) is 4.90 Å². The summed E-state index contributed by atoms with van der Waals surface area (Å²) >= 11 is 5.76. The highest BCUT2D eigenvalue weighted by molar-refractivity contribution is 7.89. The molecule has 5 nitrogen and oxygen atoms in total. The van der Waals surface area contributed by atoms with Gasteiger partial charge in [-0.05, 0) is 38.0 Å². The van der Waals surface area contributed by atoms with Crippen LogP contribution in [0.2, 0.25) is 5.02 Å². The third-order valence-electron chi connectivity index (χ3n) is 2.42. The van der Waals surface area contributed by atoms with Gasteiger partial charge in [0, 0.05) is 17.7 Å². The Hall–Kier alpha value is -0.820. The second-order valence-corrected chi connectivity index (χ2v) is 6.19. The molecule has 0 heterocycles. The van der Waals surface area contributed by atoms with Crippen LogP contribution in [0.5, 0.6) is 0 Å². The Labute approximate surface area is 112 Å². The van der Waals surface area contributed by atoms with Crippen LogP contribution in [-0.2, 0) is 10.0 Å². The van der Waals surface area contributed by atoms with Gasteiger partial charge in [-0.1, -0.05) is 11.6 Å². The van der Waals surface area contributed by atoms with Crippen molar-refractivity contribution in [3.8, 4) is 0 Å². The van der Waals surface area contributed by atoms with Crippen LogP contribution in [0, 0.1) is 0 Å². The number of nitrogen functional groups attached to an aromatic ring is 1. The number of benzene rings is 1. The van der Waals surface area contributed by atoms with E-state index in [2.05, 4.69) is 4.72 Å². The molecule has 0 saturated carbocycles. The maximum atomic E-state index is 12.1. The van der Waals surface area contributed by atoms with Crippen molar-refractivity contribution in [3.63, 3.8) is 0 Å². The molecule has 0 saturated heterocycles. The van der Waals surface area contributed by atoms with E-state index in [1.165, 1.54) is 18.2 Å². The largest absolute Gasteiger partial charge is 0.398 e. The monoisotopic (exact) mass is 292 g/mol. The van der Waals surface area contributed by atoms with Gasteiger partial charge in [-0.2, -0.15) is 0 Å². The molecule has 0 fully saturated rings. The Morgan fingerprint density at radius 3 is 2.78 bits per heavy atom. The van der Waals surface area contributed by atoms with Crippen molar-refractivity contribution in [1.82, 2.24) is 4.72 Å². The maximum absolute atomic E-state index is 12.1. The molecule has 1 aromatic carbocycles. The van der Waals surface area contributed by atoms with Crippen molar-refractivity contribution in [3.05, 3.63) is 23.2 Å². The number of sulfonamides is 1. The Bertz CT molecular complexity index is 505. The number of aliphatic hydroxyl groups excluding tert-OH is 1. The normalized spacial score (nSPS) is 13.5. The summed E-state index contributed by atoms with van der Waals surface area (Å²) in [4.78, 5) is -0.0224. The van der Waals surface area contributed by atoms with Crippen LogP contribution in [0.15, 0.2) is 23.1 Å². The smallest absolute Gasteiger partial charge is 0.242 e. The summed E-state index contributed by atoms with van der Waals surface area (Å²) < 4.78 is 26.6. The fourth-order valence-electron chi connectivity index (χ4n) is 1.53. The van der Waals surface area contributed by atoms with Gasteiger partial charge in [0.2, 0.25) is 10.0 Å². The summed E-state index contributed by atoms with van der Waals surface area (Å²) in [6.07, 6.45) is 1.09. The summed E-state index contributed by atoms with van der Waals surface area (Å²) in [6.45, 7) is 1.76. The van der Waals surface area contributed by atoms with Crippen molar-refractivity contribution in [2.45, 2.75) is 30.7 Å². The van der Waals surface area contributed by atoms with E-state index >= 15 is 0 Å². The Balaban J connectivity index is 2.89. The molecule has 1 rings (SSSR count). The first-order valence-corrected chi connectivity index (χ1v) is 7.41. The highest BCUT2D eigenvalue weighted by Crippen LogP contribution is 2.22. The number of nitrogens with one attached hydrogen (secondary N) is 1. The molecule has 7 heteroatoms. The van der Waals surface area contributed by atoms with Gasteiger partial charge >= 0.3 is 0 Å². The molecule has 0 bridgehead atoms. The van der Waals surface area contributed by atoms with Gasteiger partial charge in [-0.15, -0.1) is 0 Å². The summed E-state index contributed by atoms with van der Waals surface area (Å²) in [5.74, 6) is 0. The summed E-state index contributed by atoms with van der Waals surface area (Å²) in [7, 11) is -3.68. The van der Waals surface area contributed by atoms with Crippen molar-refractivity contribution >= 4 is 27.3 Å². The number of aliphatic hydroxyl groups is 1. The van der Waals surface area contributed by atoms with E-state index in [1.54, 1.807) is 6.92 Å². The minimum absolute atomic E-state index is 0.0224. The third-order valence-corrected chi connectivity index (χ3v) is 4.30. The van der Waals surface area contributed by atoms with Crippen LogP contribution in [0.1, 0.15) is 19.8 Å². The van der Waals surface area contributed by atoms with Crippen molar-refractivity contribution in [2.24, 2.45) is 0 Å². The lowest BCUT2D eigenvalue weighted by Crippen LogP contribution is -2.33. The zero-order valence-electron chi connectivity index (χ0n) is 10.1. The van der Waals surface area contributed by atoms with Crippen molar-refractivity contribution in [2.75, 3.05) is 12.3 Å². The summed E-state index contributed by atoms with van der Waals surface area (Å²) in [6, 6.07) is 4.03. The molecule has 0 aliphatic carbocycles. The van der Waals surface area contributed by atoms with E-state index in [4.69, 9.17) is 22.4 Å². The van der Waals surface area contributed by atoms with Crippen LogP contribution >= 0.6 is 11.6 Å². The molecule has 0 aliphatic rings. The lowest BCUT2D eigenvalue weighted by atomic mass is 10.2. The molecule has 102 valence electrons. The standard InChI is InChI=1S/C11H17ClN2O3S/c1-8(3-2-6-15)14-18(16,17)11-7-9(12)4-5-10(11)13/h4-5,7-8,14-15H,2-3,6,13H2,1H3. The zero-order chi connectivity index (χ0) is 13.8. The highest BCUT2D eigenvalue weighted by atomic mass is 35.5. The molecule has 4 N–H and O–H groups in total. The van der Waals surface area contributed by atoms with Crippen molar-refractivity contribution < 1.29 is 13.5 Å². The number of hydrogen-bond acceptors (Lipinski definition) is 4. The quantitative estimate of drug-likeness (QED) is 0.690. The van der Waals surface area contributed by atoms with Crippen LogP contribution in [-0.4, -0.2) is 26.2 Å². The van der Waals surface area contributed by atoms with E-state index in [9.17, 15) is 8.42 Å². The summed E-state index contributed by atoms with van der Waals surface area (Å²) in [5, 5.41) is 9.01. The molecule has 0 spiro atoms. The molecule has 18 heavy (non-hydrogen) atoms. The first-order valence-electron chi connectivity index (χ1n) is 5.55.